The Hall–Kier alpha value is -4.16. The summed E-state index contributed by atoms with van der Waals surface area (Å²) in [6.07, 6.45) is 4.75. The van der Waals surface area contributed by atoms with E-state index in [1.54, 1.807) is 43.3 Å². The highest BCUT2D eigenvalue weighted by Gasteiger charge is 2.77. The van der Waals surface area contributed by atoms with Crippen molar-refractivity contribution < 1.29 is 24.2 Å². The van der Waals surface area contributed by atoms with Crippen LogP contribution in [0.1, 0.15) is 40.5 Å². The lowest BCUT2D eigenvalue weighted by atomic mass is 9.65. The molecule has 8 atom stereocenters. The number of thioether (sulfide) groups is 1. The van der Waals surface area contributed by atoms with Crippen molar-refractivity contribution >= 4 is 46.2 Å². The number of carbonyl (C=O) groups is 3. The van der Waals surface area contributed by atoms with Gasteiger partial charge in [-0.1, -0.05) is 56.7 Å². The second kappa shape index (κ2) is 14.6. The molecule has 2 aromatic carbocycles. The fourth-order valence-corrected chi connectivity index (χ4v) is 10.8. The molecule has 3 amide bonds. The SMILES string of the molecule is C=CCN(Cn1nnc2ccccc21)C(=O)C1N([C@@H](CO)[C@@H](C)CC)C(=O)[C@@H]2[C@@H](C(=O)N(CC=C)c3ccc(OCC)cc3)[C@H]3CC(C)C12S3. The summed E-state index contributed by atoms with van der Waals surface area (Å²) in [7, 11) is 0. The number of fused-ring (bicyclic) bond motifs is 2. The van der Waals surface area contributed by atoms with E-state index < -0.39 is 28.7 Å². The average Bonchev–Trinajstić information content (AvgIpc) is 3.85. The minimum atomic E-state index is -0.901. The van der Waals surface area contributed by atoms with Crippen LogP contribution in [-0.2, 0) is 21.1 Å². The Bertz CT molecular complexity index is 1750. The molecule has 3 aliphatic heterocycles. The smallest absolute Gasteiger partial charge is 0.248 e. The first-order valence-electron chi connectivity index (χ1n) is 17.6. The summed E-state index contributed by atoms with van der Waals surface area (Å²) in [6, 6.07) is 13.4. The quantitative estimate of drug-likeness (QED) is 0.225. The number of aliphatic hydroxyl groups excluding tert-OH is 1. The summed E-state index contributed by atoms with van der Waals surface area (Å²) in [5, 5.41) is 19.3. The van der Waals surface area contributed by atoms with Crippen LogP contribution in [0.3, 0.4) is 0 Å². The van der Waals surface area contributed by atoms with Crippen molar-refractivity contribution in [3.63, 3.8) is 0 Å². The third-order valence-corrected chi connectivity index (χ3v) is 13.0. The van der Waals surface area contributed by atoms with E-state index in [1.165, 1.54) is 0 Å². The molecule has 1 aromatic heterocycles. The zero-order valence-electron chi connectivity index (χ0n) is 29.4. The van der Waals surface area contributed by atoms with Gasteiger partial charge in [-0.3, -0.25) is 14.4 Å². The van der Waals surface area contributed by atoms with Crippen LogP contribution in [-0.4, -0.2) is 96.0 Å². The average molecular weight is 701 g/mol. The standard InChI is InChI=1S/C38H48N6O5S/c1-7-19-41(23-43-29-14-12-11-13-28(29)39-40-43)37(48)34-38-25(6)21-31(50-38)32(33(38)36(47)44(34)30(22-45)24(5)9-3)35(46)42(20-8-2)26-15-17-27(18-16-26)49-10-4/h7-8,11-18,24-25,30-34,45H,1-2,9-10,19-23H2,3-6H3/t24-,25?,30-,31+,32-,33-,34?,38?/m0/s1. The molecule has 50 heavy (non-hydrogen) atoms. The fourth-order valence-electron chi connectivity index (χ4n) is 8.44. The minimum absolute atomic E-state index is 0.0400. The predicted octanol–water partition coefficient (Wildman–Crippen LogP) is 4.77. The maximum absolute atomic E-state index is 15.2. The third kappa shape index (κ3) is 5.79. The summed E-state index contributed by atoms with van der Waals surface area (Å²) in [6.45, 7) is 16.7. The number of aliphatic hydroxyl groups is 1. The number of ether oxygens (including phenoxy) is 1. The van der Waals surface area contributed by atoms with Gasteiger partial charge in [0.15, 0.2) is 0 Å². The number of benzene rings is 2. The number of nitrogens with zero attached hydrogens (tertiary/aromatic N) is 6. The normalized spacial score (nSPS) is 26.5. The zero-order valence-corrected chi connectivity index (χ0v) is 30.2. The zero-order chi connectivity index (χ0) is 35.7. The van der Waals surface area contributed by atoms with Gasteiger partial charge in [0, 0.05) is 24.0 Å². The highest BCUT2D eigenvalue weighted by atomic mass is 32.2. The molecule has 3 aliphatic rings. The first kappa shape index (κ1) is 35.7. The number of carbonyl (C=O) groups excluding carboxylic acids is 3. The molecule has 11 nitrogen and oxygen atoms in total. The molecule has 0 radical (unpaired) electrons. The van der Waals surface area contributed by atoms with Gasteiger partial charge in [-0.05, 0) is 61.6 Å². The molecule has 1 spiro atoms. The van der Waals surface area contributed by atoms with Gasteiger partial charge >= 0.3 is 0 Å². The number of rotatable bonds is 15. The highest BCUT2D eigenvalue weighted by Crippen LogP contribution is 2.69. The van der Waals surface area contributed by atoms with E-state index in [0.717, 1.165) is 5.52 Å². The molecular weight excluding hydrogens is 653 g/mol. The number of para-hydroxylation sites is 1. The molecular formula is C38H48N6O5S. The van der Waals surface area contributed by atoms with E-state index in [9.17, 15) is 9.90 Å². The first-order valence-corrected chi connectivity index (χ1v) is 18.5. The lowest BCUT2D eigenvalue weighted by molar-refractivity contribution is -0.147. The van der Waals surface area contributed by atoms with Gasteiger partial charge in [-0.25, -0.2) is 4.68 Å². The number of hydrogen-bond acceptors (Lipinski definition) is 8. The lowest BCUT2D eigenvalue weighted by Gasteiger charge is -2.43. The van der Waals surface area contributed by atoms with Gasteiger partial charge in [0.05, 0.1) is 41.4 Å². The summed E-state index contributed by atoms with van der Waals surface area (Å²) in [5.41, 5.74) is 2.18. The Balaban J connectivity index is 1.42. The van der Waals surface area contributed by atoms with Crippen molar-refractivity contribution in [2.24, 2.45) is 23.7 Å². The molecule has 1 N–H and O–H groups in total. The number of aromatic nitrogens is 3. The molecule has 0 saturated carbocycles. The summed E-state index contributed by atoms with van der Waals surface area (Å²) >= 11 is 1.63. The first-order chi connectivity index (χ1) is 24.2. The third-order valence-electron chi connectivity index (χ3n) is 11.0. The second-order valence-electron chi connectivity index (χ2n) is 13.7. The van der Waals surface area contributed by atoms with Crippen LogP contribution in [0, 0.1) is 23.7 Å². The Morgan fingerprint density at radius 3 is 2.50 bits per heavy atom. The van der Waals surface area contributed by atoms with Crippen molar-refractivity contribution in [3.8, 4) is 5.75 Å². The van der Waals surface area contributed by atoms with Crippen molar-refractivity contribution in [2.45, 2.75) is 69.3 Å². The molecule has 4 heterocycles. The molecule has 2 bridgehead atoms. The monoisotopic (exact) mass is 700 g/mol. The van der Waals surface area contributed by atoms with E-state index >= 15 is 9.59 Å². The molecule has 6 rings (SSSR count). The molecule has 3 saturated heterocycles. The molecule has 3 aromatic rings. The van der Waals surface area contributed by atoms with E-state index in [4.69, 9.17) is 4.74 Å². The van der Waals surface area contributed by atoms with E-state index in [0.29, 0.717) is 36.4 Å². The van der Waals surface area contributed by atoms with E-state index in [1.807, 2.05) is 69.3 Å². The summed E-state index contributed by atoms with van der Waals surface area (Å²) in [4.78, 5) is 50.1. The fraction of sp³-hybridized carbons (Fsp3) is 0.500. The maximum atomic E-state index is 15.2. The van der Waals surface area contributed by atoms with Gasteiger partial charge in [0.1, 0.15) is 24.0 Å². The highest BCUT2D eigenvalue weighted by molar-refractivity contribution is 8.02. The van der Waals surface area contributed by atoms with Crippen molar-refractivity contribution in [2.75, 3.05) is 31.2 Å². The van der Waals surface area contributed by atoms with Crippen molar-refractivity contribution in [3.05, 3.63) is 73.8 Å². The Morgan fingerprint density at radius 2 is 1.84 bits per heavy atom. The van der Waals surface area contributed by atoms with Gasteiger partial charge < -0.3 is 24.5 Å². The van der Waals surface area contributed by atoms with Gasteiger partial charge in [-0.15, -0.1) is 30.0 Å². The number of anilines is 1. The van der Waals surface area contributed by atoms with Gasteiger partial charge in [0.2, 0.25) is 17.7 Å². The Morgan fingerprint density at radius 1 is 1.12 bits per heavy atom. The molecule has 266 valence electrons. The topological polar surface area (TPSA) is 121 Å². The Kier molecular flexibility index (Phi) is 10.4. The van der Waals surface area contributed by atoms with E-state index in [2.05, 4.69) is 30.4 Å². The van der Waals surface area contributed by atoms with Crippen LogP contribution in [0.25, 0.3) is 11.0 Å². The lowest BCUT2D eigenvalue weighted by Crippen LogP contribution is -2.60. The van der Waals surface area contributed by atoms with Crippen LogP contribution < -0.4 is 9.64 Å². The van der Waals surface area contributed by atoms with Gasteiger partial charge in [-0.2, -0.15) is 0 Å². The number of hydrogen-bond donors (Lipinski definition) is 1. The number of likely N-dealkylation sites (tertiary alicyclic amines) is 1. The summed E-state index contributed by atoms with van der Waals surface area (Å²) in [5.74, 6) is -1.46. The van der Waals surface area contributed by atoms with Crippen LogP contribution in [0.15, 0.2) is 73.8 Å². The molecule has 12 heteroatoms. The van der Waals surface area contributed by atoms with Crippen molar-refractivity contribution in [1.82, 2.24) is 24.8 Å². The van der Waals surface area contributed by atoms with Crippen LogP contribution in [0.5, 0.6) is 5.75 Å². The van der Waals surface area contributed by atoms with Crippen molar-refractivity contribution in [1.29, 1.82) is 0 Å². The largest absolute Gasteiger partial charge is 0.494 e. The Labute approximate surface area is 298 Å². The van der Waals surface area contributed by atoms with E-state index in [-0.39, 0.29) is 61.2 Å². The van der Waals surface area contributed by atoms with Crippen LogP contribution in [0.4, 0.5) is 5.69 Å². The maximum Gasteiger partial charge on any atom is 0.248 e. The minimum Gasteiger partial charge on any atom is -0.494 e. The van der Waals surface area contributed by atoms with Crippen LogP contribution in [0.2, 0.25) is 0 Å². The number of amides is 3. The molecule has 3 unspecified atom stereocenters. The summed E-state index contributed by atoms with van der Waals surface area (Å²) < 4.78 is 6.44. The second-order valence-corrected chi connectivity index (χ2v) is 15.2. The molecule has 0 aliphatic carbocycles. The molecule has 3 fully saturated rings. The predicted molar refractivity (Wildman–Crippen MR) is 195 cm³/mol. The van der Waals surface area contributed by atoms with Gasteiger partial charge in [0.25, 0.3) is 0 Å². The van der Waals surface area contributed by atoms with Crippen LogP contribution >= 0.6 is 11.8 Å².